The zero-order chi connectivity index (χ0) is 14.3. The molecule has 3 nitrogen and oxygen atoms in total. The fraction of sp³-hybridized carbons (Fsp3) is 0. The monoisotopic (exact) mass is 332 g/mol. The average Bonchev–Trinajstić information content (AvgIpc) is 2.84. The summed E-state index contributed by atoms with van der Waals surface area (Å²) in [6.07, 6.45) is 0. The smallest absolute Gasteiger partial charge is 0.250 e. The number of amides is 1. The van der Waals surface area contributed by atoms with E-state index in [9.17, 15) is 9.18 Å². The van der Waals surface area contributed by atoms with Gasteiger partial charge in [0.2, 0.25) is 0 Å². The van der Waals surface area contributed by atoms with Gasteiger partial charge in [-0.05, 0) is 30.3 Å². The van der Waals surface area contributed by atoms with Crippen molar-refractivity contribution < 1.29 is 9.18 Å². The van der Waals surface area contributed by atoms with Crippen LogP contribution in [0.4, 0.5) is 4.39 Å². The lowest BCUT2D eigenvalue weighted by molar-refractivity contribution is 0.100. The van der Waals surface area contributed by atoms with E-state index in [1.54, 1.807) is 36.4 Å². The molecule has 0 aliphatic rings. The molecule has 1 heterocycles. The first-order chi connectivity index (χ1) is 9.58. The fourth-order valence-corrected chi connectivity index (χ4v) is 2.66. The molecular weight excluding hydrogens is 323 g/mol. The van der Waals surface area contributed by atoms with Crippen LogP contribution >= 0.6 is 15.9 Å². The Bertz CT molecular complexity index is 826. The van der Waals surface area contributed by atoms with E-state index in [1.807, 2.05) is 0 Å². The minimum absolute atomic E-state index is 0.323. The van der Waals surface area contributed by atoms with Gasteiger partial charge >= 0.3 is 0 Å². The molecule has 2 aromatic carbocycles. The zero-order valence-corrected chi connectivity index (χ0v) is 11.9. The second-order valence-electron chi connectivity index (χ2n) is 4.41. The molecule has 1 aromatic heterocycles. The number of primary amides is 1. The van der Waals surface area contributed by atoms with Crippen molar-refractivity contribution >= 4 is 32.7 Å². The number of nitrogens with two attached hydrogens (primary N) is 1. The number of aromatic amines is 1. The third-order valence-corrected chi connectivity index (χ3v) is 3.86. The lowest BCUT2D eigenvalue weighted by Crippen LogP contribution is -2.11. The summed E-state index contributed by atoms with van der Waals surface area (Å²) in [5.74, 6) is -0.847. The highest BCUT2D eigenvalue weighted by Crippen LogP contribution is 2.32. The van der Waals surface area contributed by atoms with Crippen LogP contribution in [-0.2, 0) is 0 Å². The summed E-state index contributed by atoms with van der Waals surface area (Å²) in [7, 11) is 0. The summed E-state index contributed by atoms with van der Waals surface area (Å²) in [6, 6.07) is 11.6. The van der Waals surface area contributed by atoms with Gasteiger partial charge in [-0.2, -0.15) is 0 Å². The second kappa shape index (κ2) is 4.76. The molecule has 0 radical (unpaired) electrons. The van der Waals surface area contributed by atoms with Crippen LogP contribution in [0.25, 0.3) is 22.2 Å². The fourth-order valence-electron chi connectivity index (χ4n) is 2.22. The van der Waals surface area contributed by atoms with Crippen molar-refractivity contribution in [1.29, 1.82) is 0 Å². The molecule has 1 amide bonds. The molecule has 0 saturated heterocycles. The van der Waals surface area contributed by atoms with Gasteiger partial charge in [-0.3, -0.25) is 4.79 Å². The molecule has 3 N–H and O–H groups in total. The van der Waals surface area contributed by atoms with Crippen LogP contribution in [0.5, 0.6) is 0 Å². The van der Waals surface area contributed by atoms with E-state index in [4.69, 9.17) is 5.73 Å². The van der Waals surface area contributed by atoms with Gasteiger partial charge < -0.3 is 10.7 Å². The Morgan fingerprint density at radius 2 is 1.95 bits per heavy atom. The van der Waals surface area contributed by atoms with Gasteiger partial charge in [-0.25, -0.2) is 4.39 Å². The maximum atomic E-state index is 13.8. The van der Waals surface area contributed by atoms with Crippen molar-refractivity contribution in [2.24, 2.45) is 5.73 Å². The second-order valence-corrected chi connectivity index (χ2v) is 5.27. The molecule has 3 aromatic rings. The maximum Gasteiger partial charge on any atom is 0.250 e. The molecule has 0 aliphatic heterocycles. The predicted molar refractivity (Wildman–Crippen MR) is 79.9 cm³/mol. The van der Waals surface area contributed by atoms with Crippen LogP contribution in [0.15, 0.2) is 46.9 Å². The van der Waals surface area contributed by atoms with E-state index in [0.29, 0.717) is 22.3 Å². The van der Waals surface area contributed by atoms with Gasteiger partial charge in [-0.1, -0.05) is 28.1 Å². The number of carbonyl (C=O) groups excluding carboxylic acids is 1. The Kier molecular flexibility index (Phi) is 3.06. The van der Waals surface area contributed by atoms with Crippen LogP contribution in [0, 0.1) is 5.82 Å². The Morgan fingerprint density at radius 3 is 2.65 bits per heavy atom. The number of hydrogen-bond acceptors (Lipinski definition) is 1. The average molecular weight is 333 g/mol. The number of aromatic nitrogens is 1. The van der Waals surface area contributed by atoms with Gasteiger partial charge in [0.25, 0.3) is 5.91 Å². The van der Waals surface area contributed by atoms with Crippen LogP contribution in [0.2, 0.25) is 0 Å². The molecule has 0 atom stereocenters. The molecule has 20 heavy (non-hydrogen) atoms. The summed E-state index contributed by atoms with van der Waals surface area (Å²) in [5, 5.41) is 0.791. The van der Waals surface area contributed by atoms with Crippen LogP contribution in [-0.4, -0.2) is 10.9 Å². The summed E-state index contributed by atoms with van der Waals surface area (Å²) in [6.45, 7) is 0. The van der Waals surface area contributed by atoms with Crippen molar-refractivity contribution in [1.82, 2.24) is 4.98 Å². The molecule has 0 spiro atoms. The van der Waals surface area contributed by atoms with E-state index < -0.39 is 5.91 Å². The molecule has 0 bridgehead atoms. The normalized spacial score (nSPS) is 10.9. The Morgan fingerprint density at radius 1 is 1.20 bits per heavy atom. The van der Waals surface area contributed by atoms with Gasteiger partial charge in [0.05, 0.1) is 11.1 Å². The summed E-state index contributed by atoms with van der Waals surface area (Å²) in [4.78, 5) is 14.5. The van der Waals surface area contributed by atoms with Gasteiger partial charge in [0.1, 0.15) is 5.82 Å². The molecule has 0 saturated carbocycles. The third kappa shape index (κ3) is 2.00. The molecule has 0 aliphatic carbocycles. The number of carbonyl (C=O) groups is 1. The highest BCUT2D eigenvalue weighted by Gasteiger charge is 2.14. The van der Waals surface area contributed by atoms with Gasteiger partial charge in [-0.15, -0.1) is 0 Å². The van der Waals surface area contributed by atoms with E-state index >= 15 is 0 Å². The molecule has 5 heteroatoms. The number of hydrogen-bond donors (Lipinski definition) is 2. The first-order valence-corrected chi connectivity index (χ1v) is 6.73. The number of fused-ring (bicyclic) bond motifs is 1. The van der Waals surface area contributed by atoms with E-state index in [0.717, 1.165) is 9.86 Å². The number of nitrogens with one attached hydrogen (secondary N) is 1. The standard InChI is InChI=1S/C15H10BrFN2O/c16-11-6-5-9(15(18)20)14-10(11)7-13(19-14)8-3-1-2-4-12(8)17/h1-7,19H,(H2,18,20). The Labute approximate surface area is 122 Å². The third-order valence-electron chi connectivity index (χ3n) is 3.17. The number of benzene rings is 2. The highest BCUT2D eigenvalue weighted by molar-refractivity contribution is 9.10. The van der Waals surface area contributed by atoms with Crippen molar-refractivity contribution in [3.05, 3.63) is 58.3 Å². The largest absolute Gasteiger partial charge is 0.366 e. The topological polar surface area (TPSA) is 58.9 Å². The minimum atomic E-state index is -0.524. The zero-order valence-electron chi connectivity index (χ0n) is 10.3. The lowest BCUT2D eigenvalue weighted by Gasteiger charge is -2.00. The van der Waals surface area contributed by atoms with Crippen molar-refractivity contribution in [2.45, 2.75) is 0 Å². The van der Waals surface area contributed by atoms with E-state index in [2.05, 4.69) is 20.9 Å². The van der Waals surface area contributed by atoms with Gasteiger partial charge in [0.15, 0.2) is 0 Å². The van der Waals surface area contributed by atoms with Crippen LogP contribution in [0.1, 0.15) is 10.4 Å². The molecular formula is C15H10BrFN2O. The van der Waals surface area contributed by atoms with Crippen LogP contribution in [0.3, 0.4) is 0 Å². The van der Waals surface area contributed by atoms with E-state index in [1.165, 1.54) is 6.07 Å². The van der Waals surface area contributed by atoms with Crippen molar-refractivity contribution in [3.63, 3.8) is 0 Å². The van der Waals surface area contributed by atoms with Crippen molar-refractivity contribution in [2.75, 3.05) is 0 Å². The maximum absolute atomic E-state index is 13.8. The summed E-state index contributed by atoms with van der Waals surface area (Å²) >= 11 is 3.42. The Hall–Kier alpha value is -2.14. The molecule has 0 fully saturated rings. The number of H-pyrrole nitrogens is 1. The summed E-state index contributed by atoms with van der Waals surface area (Å²) in [5.41, 5.74) is 7.40. The lowest BCUT2D eigenvalue weighted by atomic mass is 10.1. The SMILES string of the molecule is NC(=O)c1ccc(Br)c2cc(-c3ccccc3F)[nH]c12. The number of halogens is 2. The molecule has 100 valence electrons. The van der Waals surface area contributed by atoms with Gasteiger partial charge in [0, 0.05) is 21.1 Å². The predicted octanol–water partition coefficient (Wildman–Crippen LogP) is 3.84. The number of rotatable bonds is 2. The molecule has 3 rings (SSSR count). The highest BCUT2D eigenvalue weighted by atomic mass is 79.9. The van der Waals surface area contributed by atoms with E-state index in [-0.39, 0.29) is 5.82 Å². The molecule has 0 unspecified atom stereocenters. The van der Waals surface area contributed by atoms with Crippen LogP contribution < -0.4 is 5.73 Å². The first-order valence-electron chi connectivity index (χ1n) is 5.94. The van der Waals surface area contributed by atoms with Crippen molar-refractivity contribution in [3.8, 4) is 11.3 Å². The summed E-state index contributed by atoms with van der Waals surface area (Å²) < 4.78 is 14.7. The quantitative estimate of drug-likeness (QED) is 0.736. The first kappa shape index (κ1) is 12.9. The Balaban J connectivity index is 2.31. The minimum Gasteiger partial charge on any atom is -0.366 e.